The van der Waals surface area contributed by atoms with Gasteiger partial charge in [0.25, 0.3) is 0 Å². The number of aliphatic hydroxyl groups is 2. The largest absolute Gasteiger partial charge is 0.447 e. The van der Waals surface area contributed by atoms with Crippen LogP contribution in [0.2, 0.25) is 0 Å². The Morgan fingerprint density at radius 1 is 1.48 bits per heavy atom. The first kappa shape index (κ1) is 19.3. The molecule has 1 unspecified atom stereocenters. The lowest BCUT2D eigenvalue weighted by atomic mass is 9.85. The van der Waals surface area contributed by atoms with Crippen LogP contribution in [-0.4, -0.2) is 99.2 Å². The highest BCUT2D eigenvalue weighted by Crippen LogP contribution is 2.48. The van der Waals surface area contributed by atoms with E-state index < -0.39 is 65.2 Å². The van der Waals surface area contributed by atoms with Crippen molar-refractivity contribution in [1.82, 2.24) is 15.3 Å². The van der Waals surface area contributed by atoms with E-state index in [1.165, 1.54) is 0 Å². The van der Waals surface area contributed by atoms with Crippen molar-refractivity contribution < 1.29 is 42.1 Å². The summed E-state index contributed by atoms with van der Waals surface area (Å²) in [5, 5.41) is 42.5. The molecule has 0 saturated carbocycles. The van der Waals surface area contributed by atoms with Crippen molar-refractivity contribution >= 4 is 28.4 Å². The van der Waals surface area contributed by atoms with E-state index in [0.29, 0.717) is 5.06 Å². The van der Waals surface area contributed by atoms with E-state index in [2.05, 4.69) is 19.2 Å². The lowest BCUT2D eigenvalue weighted by molar-refractivity contribution is -0.260. The number of hydrogen-bond acceptors (Lipinski definition) is 12. The molecule has 2 fully saturated rings. The van der Waals surface area contributed by atoms with E-state index in [0.717, 1.165) is 4.90 Å². The van der Waals surface area contributed by atoms with Gasteiger partial charge in [-0.1, -0.05) is 0 Å². The smallest absolute Gasteiger partial charge is 0.404 e. The van der Waals surface area contributed by atoms with Crippen molar-refractivity contribution in [2.75, 3.05) is 13.2 Å². The summed E-state index contributed by atoms with van der Waals surface area (Å²) in [5.41, 5.74) is 8.28. The van der Waals surface area contributed by atoms with E-state index >= 15 is 0 Å². The van der Waals surface area contributed by atoms with Crippen molar-refractivity contribution in [3.63, 3.8) is 0 Å². The molecule has 0 bridgehead atoms. The van der Waals surface area contributed by atoms with Crippen molar-refractivity contribution in [2.24, 2.45) is 16.5 Å². The fourth-order valence-corrected chi connectivity index (χ4v) is 4.05. The zero-order chi connectivity index (χ0) is 20.4. The average Bonchev–Trinajstić information content (AvgIpc) is 2.96. The summed E-state index contributed by atoms with van der Waals surface area (Å²) in [6.07, 6.45) is -3.20. The summed E-state index contributed by atoms with van der Waals surface area (Å²) >= 11 is 0. The molecule has 3 aliphatic rings. The molecule has 3 rings (SSSR count). The highest BCUT2D eigenvalue weighted by molar-refractivity contribution is 7.80. The predicted octanol–water partition coefficient (Wildman–Crippen LogP) is -4.74. The van der Waals surface area contributed by atoms with E-state index in [1.807, 2.05) is 0 Å². The molecule has 1 amide bonds. The molecular formula is C10H17N7O9S. The van der Waals surface area contributed by atoms with Crippen LogP contribution in [0.1, 0.15) is 0 Å². The lowest BCUT2D eigenvalue weighted by Gasteiger charge is -2.51. The first-order valence-corrected chi connectivity index (χ1v) is 8.66. The number of amides is 1. The van der Waals surface area contributed by atoms with Crippen LogP contribution in [0.3, 0.4) is 0 Å². The molecule has 4 atom stereocenters. The van der Waals surface area contributed by atoms with Crippen LogP contribution in [0.4, 0.5) is 4.79 Å². The fraction of sp³-hybridized carbons (Fsp3) is 0.700. The van der Waals surface area contributed by atoms with Crippen LogP contribution in [-0.2, 0) is 19.3 Å². The third kappa shape index (κ3) is 2.71. The summed E-state index contributed by atoms with van der Waals surface area (Å²) in [6, 6.07) is -2.64. The molecule has 16 nitrogen and oxygen atoms in total. The second kappa shape index (κ2) is 5.78. The molecule has 1 spiro atoms. The van der Waals surface area contributed by atoms with Crippen molar-refractivity contribution in [3.05, 3.63) is 0 Å². The van der Waals surface area contributed by atoms with Crippen molar-refractivity contribution in [3.8, 4) is 0 Å². The number of carbonyl (C=O) groups excluding carboxylic acids is 1. The minimum Gasteiger partial charge on any atom is -0.447 e. The van der Waals surface area contributed by atoms with Gasteiger partial charge in [0.1, 0.15) is 18.7 Å². The molecule has 0 aromatic heterocycles. The van der Waals surface area contributed by atoms with Gasteiger partial charge in [-0.3, -0.25) is 15.2 Å². The maximum atomic E-state index is 11.1. The number of guanidine groups is 2. The third-order valence-corrected chi connectivity index (χ3v) is 5.06. The minimum atomic E-state index is -5.11. The Labute approximate surface area is 151 Å². The molecule has 10 N–H and O–H groups in total. The van der Waals surface area contributed by atoms with Crippen LogP contribution < -0.4 is 16.8 Å². The molecule has 17 heteroatoms. The van der Waals surface area contributed by atoms with Gasteiger partial charge in [0.05, 0.1) is 6.54 Å². The minimum absolute atomic E-state index is 0.332. The van der Waals surface area contributed by atoms with Crippen LogP contribution in [0, 0.1) is 5.41 Å². The summed E-state index contributed by atoms with van der Waals surface area (Å²) < 4.78 is 39.9. The van der Waals surface area contributed by atoms with Crippen molar-refractivity contribution in [1.29, 1.82) is 5.41 Å². The Hall–Kier alpha value is -2.44. The SMILES string of the molecule is N=C1N(O)[C@@H](COC(N)=O)[C@@H]2NC(N)=NC23N1C[C@@H](OS(=O)(=O)O)C3(O)O. The summed E-state index contributed by atoms with van der Waals surface area (Å²) in [7, 11) is -5.11. The number of primary amides is 1. The van der Waals surface area contributed by atoms with E-state index in [9.17, 15) is 28.6 Å². The Bertz CT molecular complexity index is 816. The molecule has 0 aromatic rings. The second-order valence-electron chi connectivity index (χ2n) is 6.06. The number of ether oxygens (including phenoxy) is 1. The van der Waals surface area contributed by atoms with Crippen molar-refractivity contribution in [2.45, 2.75) is 29.6 Å². The average molecular weight is 411 g/mol. The molecule has 2 saturated heterocycles. The number of aliphatic imine (C=N–C) groups is 1. The van der Waals surface area contributed by atoms with Crippen LogP contribution >= 0.6 is 0 Å². The number of nitrogens with one attached hydrogen (secondary N) is 2. The van der Waals surface area contributed by atoms with Gasteiger partial charge >= 0.3 is 16.5 Å². The first-order valence-electron chi connectivity index (χ1n) is 7.30. The topological polar surface area (TPSA) is 257 Å². The summed E-state index contributed by atoms with van der Waals surface area (Å²) in [5.74, 6) is -4.20. The Morgan fingerprint density at radius 2 is 2.11 bits per heavy atom. The third-order valence-electron chi connectivity index (χ3n) is 4.58. The van der Waals surface area contributed by atoms with Gasteiger partial charge in [-0.15, -0.1) is 0 Å². The van der Waals surface area contributed by atoms with E-state index in [1.54, 1.807) is 0 Å². The van der Waals surface area contributed by atoms with E-state index in [-0.39, 0.29) is 5.96 Å². The van der Waals surface area contributed by atoms with Gasteiger partial charge in [-0.2, -0.15) is 8.42 Å². The number of rotatable bonds is 4. The fourth-order valence-electron chi connectivity index (χ4n) is 3.57. The maximum Gasteiger partial charge on any atom is 0.404 e. The van der Waals surface area contributed by atoms with Gasteiger partial charge in [0.2, 0.25) is 17.4 Å². The van der Waals surface area contributed by atoms with Gasteiger partial charge < -0.3 is 36.6 Å². The molecule has 3 heterocycles. The molecule has 27 heavy (non-hydrogen) atoms. The van der Waals surface area contributed by atoms with Crippen LogP contribution in [0.5, 0.6) is 0 Å². The number of carbonyl (C=O) groups is 1. The highest BCUT2D eigenvalue weighted by atomic mass is 32.3. The number of nitrogens with zero attached hydrogens (tertiary/aromatic N) is 3. The van der Waals surface area contributed by atoms with Gasteiger partial charge in [-0.05, 0) is 0 Å². The number of hydroxylamine groups is 2. The summed E-state index contributed by atoms with van der Waals surface area (Å²) in [4.78, 5) is 15.6. The molecule has 0 aromatic carbocycles. The molecule has 0 aliphatic carbocycles. The molecule has 152 valence electrons. The second-order valence-corrected chi connectivity index (χ2v) is 7.11. The Morgan fingerprint density at radius 3 is 2.67 bits per heavy atom. The van der Waals surface area contributed by atoms with Gasteiger partial charge in [0.15, 0.2) is 12.1 Å². The number of nitrogens with two attached hydrogens (primary N) is 2. The predicted molar refractivity (Wildman–Crippen MR) is 82.2 cm³/mol. The monoisotopic (exact) mass is 411 g/mol. The van der Waals surface area contributed by atoms with Crippen LogP contribution in [0.25, 0.3) is 0 Å². The van der Waals surface area contributed by atoms with E-state index in [4.69, 9.17) is 21.4 Å². The van der Waals surface area contributed by atoms with Gasteiger partial charge in [0, 0.05) is 0 Å². The quantitative estimate of drug-likeness (QED) is 0.160. The maximum absolute atomic E-state index is 11.1. The zero-order valence-corrected chi connectivity index (χ0v) is 14.2. The first-order chi connectivity index (χ1) is 12.3. The van der Waals surface area contributed by atoms with Gasteiger partial charge in [-0.25, -0.2) is 19.0 Å². The zero-order valence-electron chi connectivity index (χ0n) is 13.4. The normalized spacial score (nSPS) is 34.6. The lowest BCUT2D eigenvalue weighted by Crippen LogP contribution is -2.77. The molecule has 0 radical (unpaired) electrons. The summed E-state index contributed by atoms with van der Waals surface area (Å²) in [6.45, 7) is -1.29. The Balaban J connectivity index is 2.08. The molecule has 3 aliphatic heterocycles. The van der Waals surface area contributed by atoms with Crippen LogP contribution in [0.15, 0.2) is 4.99 Å². The highest BCUT2D eigenvalue weighted by Gasteiger charge is 2.76. The standard InChI is InChI=1S/C10H17N7O9S/c11-6-14-5-3(2-25-8(13)18)17(21)7(12)16-1-4(26-27(22,23)24)10(19,20)9(5,16)15-6/h3-5,12,19-21H,1-2H2,(H2,13,18)(H3,11,14,15)(H,22,23,24)/t3-,4+,5-,9?/m0/s1. The number of hydrogen-bond donors (Lipinski definition) is 8. The Kier molecular flexibility index (Phi) is 4.13. The molecular weight excluding hydrogens is 394 g/mol.